The molecule has 2 aromatic rings. The van der Waals surface area contributed by atoms with Crippen molar-refractivity contribution < 1.29 is 9.59 Å². The minimum atomic E-state index is -0.0692. The smallest absolute Gasteiger partial charge is 0.273 e. The Morgan fingerprint density at radius 1 is 0.895 bits per heavy atom. The summed E-state index contributed by atoms with van der Waals surface area (Å²) >= 11 is 0. The van der Waals surface area contributed by atoms with Gasteiger partial charge in [0.05, 0.1) is 11.1 Å². The number of carbonyl (C=O) groups is 2. The number of nitrogens with zero attached hydrogens (tertiary/aromatic N) is 4. The first kappa shape index (κ1) is 25.8. The van der Waals surface area contributed by atoms with E-state index in [0.29, 0.717) is 24.3 Å². The van der Waals surface area contributed by atoms with Crippen molar-refractivity contribution in [2.75, 3.05) is 39.3 Å². The second kappa shape index (κ2) is 11.7. The molecule has 3 fully saturated rings. The maximum Gasteiger partial charge on any atom is 0.273 e. The monoisotopic (exact) mass is 517 g/mol. The van der Waals surface area contributed by atoms with E-state index in [1.165, 1.54) is 64.5 Å². The highest BCUT2D eigenvalue weighted by Gasteiger charge is 2.38. The van der Waals surface area contributed by atoms with Gasteiger partial charge in [-0.05, 0) is 44.7 Å². The number of para-hydroxylation sites is 1. The molecule has 3 heterocycles. The molecule has 4 aliphatic rings. The Morgan fingerprint density at radius 2 is 1.58 bits per heavy atom. The van der Waals surface area contributed by atoms with Gasteiger partial charge < -0.3 is 15.1 Å². The highest BCUT2D eigenvalue weighted by molar-refractivity contribution is 6.11. The minimum Gasteiger partial charge on any atom is -0.352 e. The lowest BCUT2D eigenvalue weighted by Gasteiger charge is -2.40. The first-order valence-electron chi connectivity index (χ1n) is 15.2. The van der Waals surface area contributed by atoms with E-state index in [9.17, 15) is 9.59 Å². The molecule has 0 atom stereocenters. The molecule has 2 aliphatic heterocycles. The van der Waals surface area contributed by atoms with Crippen LogP contribution in [0.25, 0.3) is 10.9 Å². The van der Waals surface area contributed by atoms with Gasteiger partial charge in [0.2, 0.25) is 0 Å². The topological polar surface area (TPSA) is 68.8 Å². The maximum absolute atomic E-state index is 13.6. The number of hydrogen-bond donors (Lipinski definition) is 1. The number of hydrogen-bond acceptors (Lipinski definition) is 5. The van der Waals surface area contributed by atoms with Crippen molar-refractivity contribution in [3.05, 3.63) is 41.1 Å². The molecule has 1 saturated heterocycles. The van der Waals surface area contributed by atoms with Gasteiger partial charge >= 0.3 is 0 Å². The molecule has 38 heavy (non-hydrogen) atoms. The first-order valence-corrected chi connectivity index (χ1v) is 15.2. The predicted octanol–water partition coefficient (Wildman–Crippen LogP) is 4.59. The number of fused-ring (bicyclic) bond motifs is 2. The molecular formula is C31H43N5O2. The summed E-state index contributed by atoms with van der Waals surface area (Å²) in [5, 5.41) is 4.04. The number of aromatic nitrogens is 1. The van der Waals surface area contributed by atoms with Gasteiger partial charge in [-0.25, -0.2) is 4.98 Å². The molecular weight excluding hydrogens is 474 g/mol. The Hall–Kier alpha value is -2.51. The lowest BCUT2D eigenvalue weighted by atomic mass is 9.94. The maximum atomic E-state index is 13.6. The predicted molar refractivity (Wildman–Crippen MR) is 150 cm³/mol. The van der Waals surface area contributed by atoms with E-state index >= 15 is 0 Å². The first-order chi connectivity index (χ1) is 18.7. The summed E-state index contributed by atoms with van der Waals surface area (Å²) in [6, 6.07) is 8.84. The van der Waals surface area contributed by atoms with Crippen LogP contribution in [0.1, 0.15) is 97.0 Å². The molecule has 1 aromatic heterocycles. The molecule has 7 heteroatoms. The van der Waals surface area contributed by atoms with Gasteiger partial charge in [-0.1, -0.05) is 56.7 Å². The number of piperazine rings is 1. The van der Waals surface area contributed by atoms with Crippen LogP contribution in [0.3, 0.4) is 0 Å². The molecule has 0 radical (unpaired) electrons. The highest BCUT2D eigenvalue weighted by Crippen LogP contribution is 2.34. The molecule has 204 valence electrons. The van der Waals surface area contributed by atoms with Crippen LogP contribution < -0.4 is 5.32 Å². The lowest BCUT2D eigenvalue weighted by molar-refractivity contribution is 0.0655. The normalized spacial score (nSPS) is 22.2. The number of pyridine rings is 1. The van der Waals surface area contributed by atoms with Gasteiger partial charge in [-0.2, -0.15) is 0 Å². The van der Waals surface area contributed by atoms with Crippen molar-refractivity contribution in [1.82, 2.24) is 25.0 Å². The summed E-state index contributed by atoms with van der Waals surface area (Å²) in [6.07, 6.45) is 13.6. The average Bonchev–Trinajstić information content (AvgIpc) is 3.30. The summed E-state index contributed by atoms with van der Waals surface area (Å²) in [6.45, 7) is 6.79. The van der Waals surface area contributed by atoms with Gasteiger partial charge in [0.25, 0.3) is 11.8 Å². The third-order valence-electron chi connectivity index (χ3n) is 9.46. The van der Waals surface area contributed by atoms with E-state index in [2.05, 4.69) is 15.1 Å². The van der Waals surface area contributed by atoms with Crippen LogP contribution in [0.2, 0.25) is 0 Å². The van der Waals surface area contributed by atoms with Gasteiger partial charge in [0.15, 0.2) is 0 Å². The molecule has 2 aliphatic carbocycles. The summed E-state index contributed by atoms with van der Waals surface area (Å²) in [4.78, 5) is 39.0. The van der Waals surface area contributed by atoms with Crippen molar-refractivity contribution in [2.24, 2.45) is 0 Å². The quantitative estimate of drug-likeness (QED) is 0.544. The van der Waals surface area contributed by atoms with Crippen LogP contribution in [-0.4, -0.2) is 82.9 Å². The van der Waals surface area contributed by atoms with Crippen LogP contribution in [0.4, 0.5) is 0 Å². The molecule has 6 rings (SSSR count). The van der Waals surface area contributed by atoms with Crippen LogP contribution in [0, 0.1) is 0 Å². The molecule has 1 N–H and O–H groups in total. The summed E-state index contributed by atoms with van der Waals surface area (Å²) in [7, 11) is 0. The molecule has 2 saturated carbocycles. The van der Waals surface area contributed by atoms with Crippen molar-refractivity contribution in [2.45, 2.75) is 89.3 Å². The van der Waals surface area contributed by atoms with E-state index in [1.807, 2.05) is 29.2 Å². The fraction of sp³-hybridized carbons (Fsp3) is 0.645. The number of carbonyl (C=O) groups excluding carboxylic acids is 2. The van der Waals surface area contributed by atoms with Gasteiger partial charge in [-0.15, -0.1) is 0 Å². The lowest BCUT2D eigenvalue weighted by Crippen LogP contribution is -2.51. The standard InChI is InChI=1S/C31H43N5O2/c37-30(32-16-9-17-34-18-20-35(21-19-34)23-10-3-1-4-11-23)28-25-14-7-8-15-27(25)33-29-26(28)22-36(31(29)38)24-12-5-2-6-13-24/h7-8,14-15,23-24H,1-6,9-13,16-22H2,(H,32,37). The van der Waals surface area contributed by atoms with E-state index in [4.69, 9.17) is 4.98 Å². The van der Waals surface area contributed by atoms with Crippen LogP contribution in [0.15, 0.2) is 24.3 Å². The number of benzene rings is 1. The van der Waals surface area contributed by atoms with Crippen LogP contribution in [0.5, 0.6) is 0 Å². The molecule has 1 aromatic carbocycles. The number of rotatable bonds is 7. The summed E-state index contributed by atoms with van der Waals surface area (Å²) < 4.78 is 0. The van der Waals surface area contributed by atoms with E-state index in [1.54, 1.807) is 0 Å². The van der Waals surface area contributed by atoms with Gasteiger partial charge in [0.1, 0.15) is 5.69 Å². The Bertz CT molecular complexity index is 1150. The van der Waals surface area contributed by atoms with E-state index in [0.717, 1.165) is 61.4 Å². The van der Waals surface area contributed by atoms with Crippen LogP contribution >= 0.6 is 0 Å². The Kier molecular flexibility index (Phi) is 7.93. The zero-order valence-corrected chi connectivity index (χ0v) is 22.8. The van der Waals surface area contributed by atoms with Crippen molar-refractivity contribution in [3.8, 4) is 0 Å². The largest absolute Gasteiger partial charge is 0.352 e. The average molecular weight is 518 g/mol. The van der Waals surface area contributed by atoms with Crippen molar-refractivity contribution in [3.63, 3.8) is 0 Å². The second-order valence-corrected chi connectivity index (χ2v) is 11.8. The molecule has 0 spiro atoms. The Morgan fingerprint density at radius 3 is 2.32 bits per heavy atom. The summed E-state index contributed by atoms with van der Waals surface area (Å²) in [5.74, 6) is -0.0701. The SMILES string of the molecule is O=C(NCCCN1CCN(C2CCCCC2)CC1)c1c2c(nc3ccccc13)C(=O)N(C1CCCCC1)C2. The zero-order valence-electron chi connectivity index (χ0n) is 22.8. The second-order valence-electron chi connectivity index (χ2n) is 11.8. The third kappa shape index (κ3) is 5.32. The zero-order chi connectivity index (χ0) is 25.9. The van der Waals surface area contributed by atoms with E-state index in [-0.39, 0.29) is 17.9 Å². The van der Waals surface area contributed by atoms with Gasteiger partial charge in [0, 0.05) is 62.3 Å². The fourth-order valence-electron chi connectivity index (χ4n) is 7.30. The van der Waals surface area contributed by atoms with Crippen molar-refractivity contribution >= 4 is 22.7 Å². The van der Waals surface area contributed by atoms with Crippen molar-refractivity contribution in [1.29, 1.82) is 0 Å². The number of amides is 2. The molecule has 2 amide bonds. The van der Waals surface area contributed by atoms with E-state index < -0.39 is 0 Å². The summed E-state index contributed by atoms with van der Waals surface area (Å²) in [5.41, 5.74) is 2.68. The highest BCUT2D eigenvalue weighted by atomic mass is 16.2. The molecule has 7 nitrogen and oxygen atoms in total. The molecule has 0 unspecified atom stereocenters. The minimum absolute atomic E-state index is 0.000859. The third-order valence-corrected chi connectivity index (χ3v) is 9.46. The Labute approximate surface area is 226 Å². The Balaban J connectivity index is 1.07. The number of nitrogens with one attached hydrogen (secondary N) is 1. The molecule has 0 bridgehead atoms. The van der Waals surface area contributed by atoms with Crippen LogP contribution in [-0.2, 0) is 6.54 Å². The fourth-order valence-corrected chi connectivity index (χ4v) is 7.30. The van der Waals surface area contributed by atoms with Gasteiger partial charge in [-0.3, -0.25) is 14.5 Å².